The summed E-state index contributed by atoms with van der Waals surface area (Å²) in [6.07, 6.45) is 3.62. The van der Waals surface area contributed by atoms with Crippen LogP contribution in [-0.4, -0.2) is 17.5 Å². The summed E-state index contributed by atoms with van der Waals surface area (Å²) in [7, 11) is 0. The zero-order chi connectivity index (χ0) is 14.3. The lowest BCUT2D eigenvalue weighted by Crippen LogP contribution is -2.31. The van der Waals surface area contributed by atoms with Crippen LogP contribution in [-0.2, 0) is 6.54 Å². The van der Waals surface area contributed by atoms with Crippen molar-refractivity contribution in [2.45, 2.75) is 52.6 Å². The van der Waals surface area contributed by atoms with Gasteiger partial charge in [0.25, 0.3) is 0 Å². The highest BCUT2D eigenvalue weighted by molar-refractivity contribution is 5.34. The third kappa shape index (κ3) is 5.00. The number of hydrogen-bond donors (Lipinski definition) is 0. The van der Waals surface area contributed by atoms with Crippen LogP contribution in [0.25, 0.3) is 0 Å². The predicted octanol–water partition coefficient (Wildman–Crippen LogP) is 4.10. The van der Waals surface area contributed by atoms with Gasteiger partial charge in [-0.2, -0.15) is 5.26 Å². The van der Waals surface area contributed by atoms with E-state index in [1.165, 1.54) is 25.3 Å². The number of hydrogen-bond acceptors (Lipinski definition) is 2. The molecule has 104 valence electrons. The molecule has 0 saturated carbocycles. The quantitative estimate of drug-likeness (QED) is 0.692. The molecule has 0 unspecified atom stereocenters. The van der Waals surface area contributed by atoms with E-state index in [4.69, 9.17) is 5.26 Å². The molecule has 0 atom stereocenters. The van der Waals surface area contributed by atoms with Crippen LogP contribution in [0.2, 0.25) is 0 Å². The SMILES string of the molecule is CCCCCN(Cc1ccc(F)c(C#N)c1)C(C)C. The largest absolute Gasteiger partial charge is 0.297 e. The normalized spacial score (nSPS) is 11.0. The van der Waals surface area contributed by atoms with E-state index in [0.717, 1.165) is 18.7 Å². The molecule has 0 N–H and O–H groups in total. The molecule has 0 saturated heterocycles. The molecule has 0 fully saturated rings. The van der Waals surface area contributed by atoms with E-state index in [1.807, 2.05) is 6.07 Å². The summed E-state index contributed by atoms with van der Waals surface area (Å²) < 4.78 is 13.3. The number of halogens is 1. The molecule has 0 aliphatic heterocycles. The van der Waals surface area contributed by atoms with Crippen molar-refractivity contribution in [1.82, 2.24) is 4.90 Å². The van der Waals surface area contributed by atoms with E-state index in [2.05, 4.69) is 25.7 Å². The molecule has 1 aromatic carbocycles. The first-order chi connectivity index (χ1) is 9.08. The van der Waals surface area contributed by atoms with Crippen LogP contribution in [0.3, 0.4) is 0 Å². The van der Waals surface area contributed by atoms with Gasteiger partial charge in [-0.3, -0.25) is 4.90 Å². The fourth-order valence-electron chi connectivity index (χ4n) is 2.08. The van der Waals surface area contributed by atoms with E-state index < -0.39 is 5.82 Å². The third-order valence-electron chi connectivity index (χ3n) is 3.32. The van der Waals surface area contributed by atoms with Gasteiger partial charge in [0.2, 0.25) is 0 Å². The standard InChI is InChI=1S/C16H23FN2/c1-4-5-6-9-19(13(2)3)12-14-7-8-16(17)15(10-14)11-18/h7-8,10,13H,4-6,9,12H2,1-3H3. The molecule has 0 radical (unpaired) electrons. The molecule has 0 heterocycles. The molecule has 19 heavy (non-hydrogen) atoms. The molecule has 1 aromatic rings. The van der Waals surface area contributed by atoms with Crippen molar-refractivity contribution in [3.63, 3.8) is 0 Å². The van der Waals surface area contributed by atoms with E-state index in [1.54, 1.807) is 12.1 Å². The maximum absolute atomic E-state index is 13.3. The van der Waals surface area contributed by atoms with Crippen LogP contribution < -0.4 is 0 Å². The lowest BCUT2D eigenvalue weighted by Gasteiger charge is -2.26. The van der Waals surface area contributed by atoms with Crippen molar-refractivity contribution in [3.05, 3.63) is 35.1 Å². The maximum Gasteiger partial charge on any atom is 0.140 e. The molecule has 0 aromatic heterocycles. The average molecular weight is 262 g/mol. The number of benzene rings is 1. The van der Waals surface area contributed by atoms with Crippen LogP contribution in [0.15, 0.2) is 18.2 Å². The van der Waals surface area contributed by atoms with E-state index in [0.29, 0.717) is 6.04 Å². The topological polar surface area (TPSA) is 27.0 Å². The smallest absolute Gasteiger partial charge is 0.140 e. The van der Waals surface area contributed by atoms with Crippen LogP contribution in [0.1, 0.15) is 51.2 Å². The fourth-order valence-corrected chi connectivity index (χ4v) is 2.08. The van der Waals surface area contributed by atoms with E-state index in [9.17, 15) is 4.39 Å². The Morgan fingerprint density at radius 3 is 2.63 bits per heavy atom. The maximum atomic E-state index is 13.3. The summed E-state index contributed by atoms with van der Waals surface area (Å²) in [5.74, 6) is -0.437. The Balaban J connectivity index is 2.71. The number of rotatable bonds is 7. The van der Waals surface area contributed by atoms with Gasteiger partial charge in [0, 0.05) is 12.6 Å². The lowest BCUT2D eigenvalue weighted by molar-refractivity contribution is 0.208. The van der Waals surface area contributed by atoms with Crippen molar-refractivity contribution in [2.75, 3.05) is 6.54 Å². The highest BCUT2D eigenvalue weighted by Gasteiger charge is 2.11. The van der Waals surface area contributed by atoms with Crippen molar-refractivity contribution in [2.24, 2.45) is 0 Å². The van der Waals surface area contributed by atoms with E-state index in [-0.39, 0.29) is 5.56 Å². The van der Waals surface area contributed by atoms with Crippen LogP contribution in [0.5, 0.6) is 0 Å². The first-order valence-corrected chi connectivity index (χ1v) is 7.01. The van der Waals surface area contributed by atoms with Crippen molar-refractivity contribution in [3.8, 4) is 6.07 Å². The second-order valence-electron chi connectivity index (χ2n) is 5.20. The van der Waals surface area contributed by atoms with Gasteiger partial charge in [-0.1, -0.05) is 25.8 Å². The highest BCUT2D eigenvalue weighted by atomic mass is 19.1. The van der Waals surface area contributed by atoms with Gasteiger partial charge in [-0.15, -0.1) is 0 Å². The van der Waals surface area contributed by atoms with Gasteiger partial charge < -0.3 is 0 Å². The Bertz CT molecular complexity index is 435. The molecule has 0 bridgehead atoms. The third-order valence-corrected chi connectivity index (χ3v) is 3.32. The van der Waals surface area contributed by atoms with Gasteiger partial charge in [0.15, 0.2) is 0 Å². The second-order valence-corrected chi connectivity index (χ2v) is 5.20. The molecule has 2 nitrogen and oxygen atoms in total. The Morgan fingerprint density at radius 1 is 1.32 bits per heavy atom. The monoisotopic (exact) mass is 262 g/mol. The lowest BCUT2D eigenvalue weighted by atomic mass is 10.1. The first kappa shape index (κ1) is 15.7. The van der Waals surface area contributed by atoms with Gasteiger partial charge >= 0.3 is 0 Å². The number of nitriles is 1. The van der Waals surface area contributed by atoms with Gasteiger partial charge in [0.05, 0.1) is 5.56 Å². The summed E-state index contributed by atoms with van der Waals surface area (Å²) >= 11 is 0. The molecule has 0 spiro atoms. The fraction of sp³-hybridized carbons (Fsp3) is 0.562. The summed E-state index contributed by atoms with van der Waals surface area (Å²) in [6.45, 7) is 8.35. The summed E-state index contributed by atoms with van der Waals surface area (Å²) in [4.78, 5) is 2.37. The summed E-state index contributed by atoms with van der Waals surface area (Å²) in [5, 5.41) is 8.86. The summed E-state index contributed by atoms with van der Waals surface area (Å²) in [5.41, 5.74) is 1.14. The van der Waals surface area contributed by atoms with Crippen molar-refractivity contribution in [1.29, 1.82) is 5.26 Å². The molecule has 3 heteroatoms. The van der Waals surface area contributed by atoms with Crippen LogP contribution in [0.4, 0.5) is 4.39 Å². The Kier molecular flexibility index (Phi) is 6.52. The predicted molar refractivity (Wildman–Crippen MR) is 76.2 cm³/mol. The Morgan fingerprint density at radius 2 is 2.05 bits per heavy atom. The Hall–Kier alpha value is -1.40. The van der Waals surface area contributed by atoms with Gasteiger partial charge in [-0.05, 0) is 44.5 Å². The first-order valence-electron chi connectivity index (χ1n) is 7.01. The van der Waals surface area contributed by atoms with E-state index >= 15 is 0 Å². The molecular weight excluding hydrogens is 239 g/mol. The highest BCUT2D eigenvalue weighted by Crippen LogP contribution is 2.14. The van der Waals surface area contributed by atoms with Crippen LogP contribution >= 0.6 is 0 Å². The van der Waals surface area contributed by atoms with Gasteiger partial charge in [0.1, 0.15) is 11.9 Å². The minimum atomic E-state index is -0.437. The molecule has 0 aliphatic carbocycles. The zero-order valence-corrected chi connectivity index (χ0v) is 12.1. The minimum absolute atomic E-state index is 0.134. The zero-order valence-electron chi connectivity index (χ0n) is 12.1. The second kappa shape index (κ2) is 7.91. The summed E-state index contributed by atoms with van der Waals surface area (Å²) in [6, 6.07) is 7.16. The molecular formula is C16H23FN2. The molecule has 1 rings (SSSR count). The van der Waals surface area contributed by atoms with Crippen LogP contribution in [0, 0.1) is 17.1 Å². The minimum Gasteiger partial charge on any atom is -0.297 e. The molecule has 0 amide bonds. The number of nitrogens with zero attached hydrogens (tertiary/aromatic N) is 2. The molecule has 0 aliphatic rings. The Labute approximate surface area is 115 Å². The number of unbranched alkanes of at least 4 members (excludes halogenated alkanes) is 2. The van der Waals surface area contributed by atoms with Crippen molar-refractivity contribution < 1.29 is 4.39 Å². The van der Waals surface area contributed by atoms with Crippen molar-refractivity contribution >= 4 is 0 Å². The van der Waals surface area contributed by atoms with Gasteiger partial charge in [-0.25, -0.2) is 4.39 Å². The average Bonchev–Trinajstić information content (AvgIpc) is 2.39.